The zero-order chi connectivity index (χ0) is 10.7. The third kappa shape index (κ3) is 2.19. The minimum Gasteiger partial charge on any atom is -0.399 e. The van der Waals surface area contributed by atoms with E-state index in [1.54, 1.807) is 11.3 Å². The Morgan fingerprint density at radius 2 is 1.93 bits per heavy atom. The summed E-state index contributed by atoms with van der Waals surface area (Å²) in [6.45, 7) is 0. The van der Waals surface area contributed by atoms with Crippen molar-refractivity contribution in [3.63, 3.8) is 0 Å². The highest BCUT2D eigenvalue weighted by molar-refractivity contribution is 7.10. The number of nitrogens with two attached hydrogens (primary N) is 1. The summed E-state index contributed by atoms with van der Waals surface area (Å²) in [5.41, 5.74) is 7.72. The van der Waals surface area contributed by atoms with Crippen LogP contribution in [0.15, 0.2) is 41.8 Å². The van der Waals surface area contributed by atoms with E-state index in [0.29, 0.717) is 0 Å². The molecule has 0 fully saturated rings. The molecular formula is C12H14N2S. The number of benzene rings is 1. The minimum atomic E-state index is 0.269. The van der Waals surface area contributed by atoms with Gasteiger partial charge in [0.05, 0.1) is 6.04 Å². The Kier molecular flexibility index (Phi) is 3.04. The van der Waals surface area contributed by atoms with Crippen molar-refractivity contribution in [2.24, 2.45) is 0 Å². The van der Waals surface area contributed by atoms with Crippen LogP contribution in [0.4, 0.5) is 5.69 Å². The number of hydrogen-bond acceptors (Lipinski definition) is 3. The smallest absolute Gasteiger partial charge is 0.0668 e. The van der Waals surface area contributed by atoms with Gasteiger partial charge in [0.25, 0.3) is 0 Å². The largest absolute Gasteiger partial charge is 0.399 e. The van der Waals surface area contributed by atoms with Crippen LogP contribution in [-0.4, -0.2) is 7.05 Å². The molecule has 0 aliphatic heterocycles. The molecule has 0 amide bonds. The second kappa shape index (κ2) is 4.47. The van der Waals surface area contributed by atoms with E-state index >= 15 is 0 Å². The van der Waals surface area contributed by atoms with E-state index in [0.717, 1.165) is 5.69 Å². The molecule has 0 spiro atoms. The number of anilines is 1. The standard InChI is InChI=1S/C12H14N2S/c1-14-12(11-3-2-8-15-11)9-4-6-10(13)7-5-9/h2-8,12,14H,13H2,1H3. The highest BCUT2D eigenvalue weighted by atomic mass is 32.1. The van der Waals surface area contributed by atoms with Crippen molar-refractivity contribution < 1.29 is 0 Å². The summed E-state index contributed by atoms with van der Waals surface area (Å²) in [5, 5.41) is 5.40. The molecule has 3 N–H and O–H groups in total. The van der Waals surface area contributed by atoms with E-state index in [1.165, 1.54) is 10.4 Å². The average molecular weight is 218 g/mol. The van der Waals surface area contributed by atoms with Crippen molar-refractivity contribution >= 4 is 17.0 Å². The Balaban J connectivity index is 2.31. The van der Waals surface area contributed by atoms with Crippen LogP contribution in [0.5, 0.6) is 0 Å². The fraction of sp³-hybridized carbons (Fsp3) is 0.167. The summed E-state index contributed by atoms with van der Waals surface area (Å²) < 4.78 is 0. The fourth-order valence-electron chi connectivity index (χ4n) is 1.62. The lowest BCUT2D eigenvalue weighted by atomic mass is 10.1. The number of nitrogens with one attached hydrogen (secondary N) is 1. The molecule has 1 unspecified atom stereocenters. The molecule has 1 aromatic heterocycles. The van der Waals surface area contributed by atoms with E-state index in [9.17, 15) is 0 Å². The predicted octanol–water partition coefficient (Wildman–Crippen LogP) is 2.64. The molecule has 2 rings (SSSR count). The predicted molar refractivity (Wildman–Crippen MR) is 66.1 cm³/mol. The van der Waals surface area contributed by atoms with Crippen molar-refractivity contribution in [2.75, 3.05) is 12.8 Å². The van der Waals surface area contributed by atoms with E-state index in [2.05, 4.69) is 35.0 Å². The first-order chi connectivity index (χ1) is 7.31. The zero-order valence-electron chi connectivity index (χ0n) is 8.60. The van der Waals surface area contributed by atoms with E-state index < -0.39 is 0 Å². The highest BCUT2D eigenvalue weighted by Crippen LogP contribution is 2.25. The molecule has 3 heteroatoms. The van der Waals surface area contributed by atoms with Gasteiger partial charge < -0.3 is 11.1 Å². The van der Waals surface area contributed by atoms with Gasteiger partial charge in [0.15, 0.2) is 0 Å². The summed E-state index contributed by atoms with van der Waals surface area (Å²) in [6.07, 6.45) is 0. The van der Waals surface area contributed by atoms with Crippen LogP contribution < -0.4 is 11.1 Å². The average Bonchev–Trinajstić information content (AvgIpc) is 2.75. The first-order valence-corrected chi connectivity index (χ1v) is 5.75. The molecule has 2 aromatic rings. The zero-order valence-corrected chi connectivity index (χ0v) is 9.42. The lowest BCUT2D eigenvalue weighted by Gasteiger charge is -2.14. The number of rotatable bonds is 3. The number of nitrogen functional groups attached to an aromatic ring is 1. The third-order valence-corrected chi connectivity index (χ3v) is 3.32. The van der Waals surface area contributed by atoms with Gasteiger partial charge in [-0.15, -0.1) is 11.3 Å². The van der Waals surface area contributed by atoms with Crippen LogP contribution in [0.2, 0.25) is 0 Å². The van der Waals surface area contributed by atoms with Gasteiger partial charge in [-0.2, -0.15) is 0 Å². The summed E-state index contributed by atoms with van der Waals surface area (Å²) in [5.74, 6) is 0. The van der Waals surface area contributed by atoms with Gasteiger partial charge in [-0.1, -0.05) is 18.2 Å². The van der Waals surface area contributed by atoms with Gasteiger partial charge in [-0.25, -0.2) is 0 Å². The van der Waals surface area contributed by atoms with Gasteiger partial charge in [0.1, 0.15) is 0 Å². The second-order valence-corrected chi connectivity index (χ2v) is 4.38. The lowest BCUT2D eigenvalue weighted by molar-refractivity contribution is 0.704. The molecule has 0 radical (unpaired) electrons. The normalized spacial score (nSPS) is 12.6. The summed E-state index contributed by atoms with van der Waals surface area (Å²) in [7, 11) is 1.97. The summed E-state index contributed by atoms with van der Waals surface area (Å²) in [6, 6.07) is 12.5. The van der Waals surface area contributed by atoms with Crippen molar-refractivity contribution in [1.29, 1.82) is 0 Å². The molecule has 0 saturated heterocycles. The van der Waals surface area contributed by atoms with Gasteiger partial charge >= 0.3 is 0 Å². The first kappa shape index (κ1) is 10.2. The Bertz CT molecular complexity index is 406. The van der Waals surface area contributed by atoms with Crippen molar-refractivity contribution in [3.05, 3.63) is 52.2 Å². The topological polar surface area (TPSA) is 38.0 Å². The molecule has 78 valence electrons. The molecule has 15 heavy (non-hydrogen) atoms. The van der Waals surface area contributed by atoms with E-state index in [1.807, 2.05) is 19.2 Å². The lowest BCUT2D eigenvalue weighted by Crippen LogP contribution is -2.16. The molecule has 0 aliphatic carbocycles. The number of thiophene rings is 1. The molecule has 2 nitrogen and oxygen atoms in total. The molecule has 0 saturated carbocycles. The summed E-state index contributed by atoms with van der Waals surface area (Å²) in [4.78, 5) is 1.32. The van der Waals surface area contributed by atoms with Crippen LogP contribution in [0.1, 0.15) is 16.5 Å². The van der Waals surface area contributed by atoms with Crippen molar-refractivity contribution in [1.82, 2.24) is 5.32 Å². The van der Waals surface area contributed by atoms with Crippen molar-refractivity contribution in [3.8, 4) is 0 Å². The Morgan fingerprint density at radius 3 is 2.47 bits per heavy atom. The molecular weight excluding hydrogens is 204 g/mol. The fourth-order valence-corrected chi connectivity index (χ4v) is 2.48. The molecule has 0 bridgehead atoms. The maximum atomic E-state index is 5.67. The third-order valence-electron chi connectivity index (χ3n) is 2.39. The van der Waals surface area contributed by atoms with Crippen LogP contribution >= 0.6 is 11.3 Å². The van der Waals surface area contributed by atoms with Crippen LogP contribution in [0.25, 0.3) is 0 Å². The van der Waals surface area contributed by atoms with Gasteiger partial charge in [-0.3, -0.25) is 0 Å². The minimum absolute atomic E-state index is 0.269. The van der Waals surface area contributed by atoms with Crippen LogP contribution in [0.3, 0.4) is 0 Å². The maximum Gasteiger partial charge on any atom is 0.0668 e. The monoisotopic (exact) mass is 218 g/mol. The van der Waals surface area contributed by atoms with Gasteiger partial charge in [0.2, 0.25) is 0 Å². The molecule has 1 heterocycles. The first-order valence-electron chi connectivity index (χ1n) is 4.87. The van der Waals surface area contributed by atoms with Crippen LogP contribution in [-0.2, 0) is 0 Å². The molecule has 1 aromatic carbocycles. The second-order valence-electron chi connectivity index (χ2n) is 3.40. The maximum absolute atomic E-state index is 5.67. The SMILES string of the molecule is CNC(c1ccc(N)cc1)c1cccs1. The van der Waals surface area contributed by atoms with E-state index in [4.69, 9.17) is 5.73 Å². The summed E-state index contributed by atoms with van der Waals surface area (Å²) >= 11 is 1.76. The quantitative estimate of drug-likeness (QED) is 0.777. The van der Waals surface area contributed by atoms with Crippen LogP contribution in [0, 0.1) is 0 Å². The molecule has 0 aliphatic rings. The number of hydrogen-bond donors (Lipinski definition) is 2. The molecule has 1 atom stereocenters. The van der Waals surface area contributed by atoms with Gasteiger partial charge in [-0.05, 0) is 36.2 Å². The Morgan fingerprint density at radius 1 is 1.20 bits per heavy atom. The van der Waals surface area contributed by atoms with Gasteiger partial charge in [0, 0.05) is 10.6 Å². The van der Waals surface area contributed by atoms with E-state index in [-0.39, 0.29) is 6.04 Å². The highest BCUT2D eigenvalue weighted by Gasteiger charge is 2.11. The Labute approximate surface area is 93.7 Å². The van der Waals surface area contributed by atoms with Crippen molar-refractivity contribution in [2.45, 2.75) is 6.04 Å². The Hall–Kier alpha value is -1.32.